The van der Waals surface area contributed by atoms with Crippen LogP contribution in [0, 0.1) is 0 Å². The Morgan fingerprint density at radius 3 is 2.40 bits per heavy atom. The van der Waals surface area contributed by atoms with Crippen molar-refractivity contribution >= 4 is 25.1 Å². The third-order valence-electron chi connectivity index (χ3n) is 0.295. The molecule has 0 aromatic carbocycles. The molecule has 0 bridgehead atoms. The zero-order valence-electron chi connectivity index (χ0n) is 3.27. The van der Waals surface area contributed by atoms with E-state index in [0.29, 0.717) is 0 Å². The molecule has 0 aliphatic carbocycles. The molecule has 2 heteroatoms. The predicted molar refractivity (Wildman–Crippen MR) is 29.9 cm³/mol. The number of rotatable bonds is 2. The second-order valence-electron chi connectivity index (χ2n) is 0.833. The summed E-state index contributed by atoms with van der Waals surface area (Å²) in [5.41, 5.74) is 0. The topological polar surface area (TPSA) is 0 Å². The average Bonchev–Trinajstić information content (AvgIpc) is 1.41. The van der Waals surface area contributed by atoms with Gasteiger partial charge in [0.2, 0.25) is 0 Å². The Kier molecular flexibility index (Phi) is 5.72. The van der Waals surface area contributed by atoms with Crippen molar-refractivity contribution in [2.75, 3.05) is 5.75 Å². The molecule has 0 radical (unpaired) electrons. The molecule has 0 heterocycles. The molecule has 5 heavy (non-hydrogen) atoms. The van der Waals surface area contributed by atoms with Crippen LogP contribution >= 0.6 is 10.2 Å². The van der Waals surface area contributed by atoms with E-state index in [0.717, 1.165) is 0 Å². The van der Waals surface area contributed by atoms with Crippen molar-refractivity contribution in [1.29, 1.82) is 0 Å². The molecule has 0 nitrogen and oxygen atoms in total. The summed E-state index contributed by atoms with van der Waals surface area (Å²) < 4.78 is 0. The van der Waals surface area contributed by atoms with Crippen LogP contribution < -0.4 is 0 Å². The second kappa shape index (κ2) is 4.87. The fourth-order valence-corrected chi connectivity index (χ4v) is 1.42. The molecule has 0 atom stereocenters. The monoisotopic (exact) mass is 156 g/mol. The molecule has 0 fully saturated rings. The van der Waals surface area contributed by atoms with Gasteiger partial charge in [-0.1, -0.05) is 0 Å². The molecular weight excluding hydrogens is 147 g/mol. The molecule has 0 aliphatic rings. The van der Waals surface area contributed by atoms with E-state index in [9.17, 15) is 0 Å². The fourth-order valence-electron chi connectivity index (χ4n) is 0.0913. The minimum atomic E-state index is 1.28. The molecule has 0 N–H and O–H groups in total. The first-order chi connectivity index (χ1) is 2.41. The van der Waals surface area contributed by atoms with E-state index in [4.69, 9.17) is 0 Å². The van der Waals surface area contributed by atoms with Crippen LogP contribution in [0.1, 0.15) is 13.3 Å². The Labute approximate surface area is 44.6 Å². The molecule has 0 amide bonds. The normalized spacial score (nSPS) is 8.40. The van der Waals surface area contributed by atoms with Crippen LogP contribution in [0.15, 0.2) is 0 Å². The van der Waals surface area contributed by atoms with Crippen LogP contribution in [0.5, 0.6) is 0 Å². The summed E-state index contributed by atoms with van der Waals surface area (Å²) in [5, 5.41) is 0. The van der Waals surface area contributed by atoms with Gasteiger partial charge in [0.25, 0.3) is 0 Å². The molecule has 0 aromatic heterocycles. The zero-order valence-corrected chi connectivity index (χ0v) is 5.96. The van der Waals surface area contributed by atoms with Crippen molar-refractivity contribution in [2.45, 2.75) is 13.3 Å². The number of hydrogen-bond acceptors (Lipinski definition) is 1. The third kappa shape index (κ3) is 4.87. The van der Waals surface area contributed by atoms with Gasteiger partial charge in [-0.15, -0.1) is 0 Å². The zero-order chi connectivity index (χ0) is 4.12. The van der Waals surface area contributed by atoms with E-state index in [2.05, 4.69) is 21.8 Å². The molecule has 0 aliphatic heterocycles. The van der Waals surface area contributed by atoms with Gasteiger partial charge >= 0.3 is 44.2 Å². The first-order valence-corrected chi connectivity index (χ1v) is 4.92. The van der Waals surface area contributed by atoms with Crippen LogP contribution in [0.25, 0.3) is 0 Å². The molecular formula is C3H8SSe. The second-order valence-corrected chi connectivity index (χ2v) is 3.12. The van der Waals surface area contributed by atoms with Gasteiger partial charge in [0.05, 0.1) is 0 Å². The standard InChI is InChI=1S/C3H8SSe/c1-2-3-4-5/h5H,2-3H2,1H3. The molecule has 0 saturated carbocycles. The summed E-state index contributed by atoms with van der Waals surface area (Å²) in [6, 6.07) is 0. The Bertz CT molecular complexity index is 14.4. The Morgan fingerprint density at radius 1 is 1.80 bits per heavy atom. The molecule has 0 spiro atoms. The fraction of sp³-hybridized carbons (Fsp3) is 1.00. The number of hydrogen-bond donors (Lipinski definition) is 0. The van der Waals surface area contributed by atoms with Gasteiger partial charge in [0, 0.05) is 0 Å². The summed E-state index contributed by atoms with van der Waals surface area (Å²) >= 11 is 2.49. The van der Waals surface area contributed by atoms with E-state index in [1.165, 1.54) is 12.2 Å². The first kappa shape index (κ1) is 5.87. The van der Waals surface area contributed by atoms with Gasteiger partial charge in [-0.25, -0.2) is 0 Å². The van der Waals surface area contributed by atoms with Gasteiger partial charge < -0.3 is 0 Å². The van der Waals surface area contributed by atoms with Crippen molar-refractivity contribution in [2.24, 2.45) is 0 Å². The van der Waals surface area contributed by atoms with Gasteiger partial charge in [0.1, 0.15) is 0 Å². The SMILES string of the molecule is CCCS[SeH]. The van der Waals surface area contributed by atoms with Crippen molar-refractivity contribution in [3.05, 3.63) is 0 Å². The van der Waals surface area contributed by atoms with E-state index < -0.39 is 0 Å². The van der Waals surface area contributed by atoms with Gasteiger partial charge in [-0.05, 0) is 0 Å². The Morgan fingerprint density at radius 2 is 2.40 bits per heavy atom. The van der Waals surface area contributed by atoms with Crippen LogP contribution in [0.2, 0.25) is 0 Å². The molecule has 0 aromatic rings. The Balaban J connectivity index is 2.19. The molecule has 32 valence electrons. The van der Waals surface area contributed by atoms with E-state index in [-0.39, 0.29) is 0 Å². The first-order valence-electron chi connectivity index (χ1n) is 1.68. The molecule has 0 rings (SSSR count). The molecule has 0 saturated heterocycles. The third-order valence-corrected chi connectivity index (χ3v) is 2.04. The Hall–Kier alpha value is 0.869. The predicted octanol–water partition coefficient (Wildman–Crippen LogP) is 0.945. The maximum absolute atomic E-state index is 2.49. The van der Waals surface area contributed by atoms with Crippen molar-refractivity contribution in [3.63, 3.8) is 0 Å². The quantitative estimate of drug-likeness (QED) is 0.535. The summed E-state index contributed by atoms with van der Waals surface area (Å²) in [5.74, 6) is 1.28. The van der Waals surface area contributed by atoms with Crippen molar-refractivity contribution in [3.8, 4) is 0 Å². The van der Waals surface area contributed by atoms with Gasteiger partial charge in [-0.2, -0.15) is 0 Å². The van der Waals surface area contributed by atoms with Crippen LogP contribution in [-0.2, 0) is 0 Å². The summed E-state index contributed by atoms with van der Waals surface area (Å²) in [6.07, 6.45) is 1.29. The van der Waals surface area contributed by atoms with E-state index in [1.807, 2.05) is 10.2 Å². The van der Waals surface area contributed by atoms with E-state index >= 15 is 0 Å². The van der Waals surface area contributed by atoms with Crippen molar-refractivity contribution < 1.29 is 0 Å². The van der Waals surface area contributed by atoms with Crippen molar-refractivity contribution in [1.82, 2.24) is 0 Å². The van der Waals surface area contributed by atoms with Crippen LogP contribution in [0.3, 0.4) is 0 Å². The van der Waals surface area contributed by atoms with Crippen LogP contribution in [-0.4, -0.2) is 20.6 Å². The van der Waals surface area contributed by atoms with E-state index in [1.54, 1.807) is 0 Å². The van der Waals surface area contributed by atoms with Gasteiger partial charge in [0.15, 0.2) is 0 Å². The van der Waals surface area contributed by atoms with Crippen LogP contribution in [0.4, 0.5) is 0 Å². The summed E-state index contributed by atoms with van der Waals surface area (Å²) in [7, 11) is 1.84. The average molecular weight is 155 g/mol. The summed E-state index contributed by atoms with van der Waals surface area (Å²) in [4.78, 5) is 0. The minimum absolute atomic E-state index is 1.28. The summed E-state index contributed by atoms with van der Waals surface area (Å²) in [6.45, 7) is 2.18. The van der Waals surface area contributed by atoms with Gasteiger partial charge in [-0.3, -0.25) is 0 Å². The maximum atomic E-state index is 2.49. The molecule has 0 unspecified atom stereocenters.